The number of aromatic nitrogens is 3. The SMILES string of the molecule is O=C(NS(=O)(=O)c1ccc(Nc2nc(NC3(c4ccc(Cl)cc4)CC3)nc(OCC(F)(F)F)n2)cc1)C1(CN2CCOCC2)CC1. The lowest BCUT2D eigenvalue weighted by Crippen LogP contribution is -2.46. The lowest BCUT2D eigenvalue weighted by Gasteiger charge is -2.29. The lowest BCUT2D eigenvalue weighted by molar-refractivity contribution is -0.154. The summed E-state index contributed by atoms with van der Waals surface area (Å²) in [5.74, 6) is -0.691. The molecule has 2 aliphatic carbocycles. The van der Waals surface area contributed by atoms with Crippen LogP contribution in [0.15, 0.2) is 53.4 Å². The van der Waals surface area contributed by atoms with Crippen LogP contribution in [-0.4, -0.2) is 79.8 Å². The van der Waals surface area contributed by atoms with Crippen molar-refractivity contribution in [1.82, 2.24) is 24.6 Å². The first-order valence-corrected chi connectivity index (χ1v) is 16.4. The van der Waals surface area contributed by atoms with Gasteiger partial charge in [-0.25, -0.2) is 13.1 Å². The average molecular weight is 682 g/mol. The first kappa shape index (κ1) is 32.2. The summed E-state index contributed by atoms with van der Waals surface area (Å²) in [6, 6.07) is 12.0. The molecule has 6 rings (SSSR count). The molecule has 3 aromatic rings. The van der Waals surface area contributed by atoms with Crippen molar-refractivity contribution in [2.75, 3.05) is 50.1 Å². The lowest BCUT2D eigenvalue weighted by atomic mass is 10.1. The van der Waals surface area contributed by atoms with E-state index in [1.54, 1.807) is 12.1 Å². The molecule has 3 fully saturated rings. The monoisotopic (exact) mass is 681 g/mol. The van der Waals surface area contributed by atoms with Crippen LogP contribution in [0.3, 0.4) is 0 Å². The van der Waals surface area contributed by atoms with Crippen molar-refractivity contribution in [2.45, 2.75) is 42.3 Å². The van der Waals surface area contributed by atoms with Gasteiger partial charge < -0.3 is 20.1 Å². The summed E-state index contributed by atoms with van der Waals surface area (Å²) in [5, 5.41) is 6.60. The quantitative estimate of drug-likeness (QED) is 0.252. The molecule has 0 radical (unpaired) electrons. The molecule has 246 valence electrons. The molecule has 1 amide bonds. The van der Waals surface area contributed by atoms with Crippen LogP contribution < -0.4 is 20.1 Å². The summed E-state index contributed by atoms with van der Waals surface area (Å²) in [7, 11) is -4.17. The Morgan fingerprint density at radius 3 is 2.22 bits per heavy atom. The third-order valence-corrected chi connectivity index (χ3v) is 9.69. The molecule has 0 atom stereocenters. The predicted octanol–water partition coefficient (Wildman–Crippen LogP) is 4.23. The molecule has 1 saturated heterocycles. The van der Waals surface area contributed by atoms with Crippen LogP contribution in [-0.2, 0) is 25.1 Å². The summed E-state index contributed by atoms with van der Waals surface area (Å²) >= 11 is 6.02. The number of sulfonamides is 1. The summed E-state index contributed by atoms with van der Waals surface area (Å²) in [6.07, 6.45) is -1.96. The highest BCUT2D eigenvalue weighted by Gasteiger charge is 2.52. The molecule has 12 nitrogen and oxygen atoms in total. The van der Waals surface area contributed by atoms with E-state index >= 15 is 0 Å². The summed E-state index contributed by atoms with van der Waals surface area (Å²) < 4.78 is 77.2. The normalized spacial score (nSPS) is 18.8. The highest BCUT2D eigenvalue weighted by atomic mass is 35.5. The van der Waals surface area contributed by atoms with Gasteiger partial charge in [0.15, 0.2) is 6.61 Å². The van der Waals surface area contributed by atoms with E-state index < -0.39 is 45.7 Å². The second-order valence-electron chi connectivity index (χ2n) is 11.6. The predicted molar refractivity (Wildman–Crippen MR) is 161 cm³/mol. The van der Waals surface area contributed by atoms with E-state index in [4.69, 9.17) is 21.1 Å². The molecule has 2 heterocycles. The maximum Gasteiger partial charge on any atom is 0.422 e. The first-order valence-electron chi connectivity index (χ1n) is 14.6. The van der Waals surface area contributed by atoms with Gasteiger partial charge in [0.2, 0.25) is 17.8 Å². The molecule has 1 aliphatic heterocycles. The van der Waals surface area contributed by atoms with Crippen molar-refractivity contribution in [3.63, 3.8) is 0 Å². The van der Waals surface area contributed by atoms with Gasteiger partial charge in [0.05, 0.1) is 29.1 Å². The fourth-order valence-corrected chi connectivity index (χ4v) is 6.40. The van der Waals surface area contributed by atoms with E-state index in [-0.39, 0.29) is 16.8 Å². The molecular formula is C29H31ClF3N7O5S. The molecule has 0 spiro atoms. The maximum atomic E-state index is 13.1. The van der Waals surface area contributed by atoms with Crippen molar-refractivity contribution in [3.05, 3.63) is 59.1 Å². The second kappa shape index (κ2) is 12.5. The number of carbonyl (C=O) groups is 1. The van der Waals surface area contributed by atoms with Gasteiger partial charge in [0.1, 0.15) is 0 Å². The van der Waals surface area contributed by atoms with Crippen LogP contribution in [0.4, 0.5) is 30.8 Å². The van der Waals surface area contributed by atoms with E-state index in [1.807, 2.05) is 12.1 Å². The third kappa shape index (κ3) is 7.79. The molecule has 3 N–H and O–H groups in total. The third-order valence-electron chi connectivity index (χ3n) is 8.09. The van der Waals surface area contributed by atoms with Gasteiger partial charge in [-0.3, -0.25) is 9.69 Å². The van der Waals surface area contributed by atoms with Gasteiger partial charge in [-0.2, -0.15) is 28.1 Å². The Balaban J connectivity index is 1.15. The molecule has 1 aromatic heterocycles. The van der Waals surface area contributed by atoms with Gasteiger partial charge in [0, 0.05) is 30.3 Å². The zero-order valence-corrected chi connectivity index (χ0v) is 26.0. The van der Waals surface area contributed by atoms with Gasteiger partial charge >= 0.3 is 12.2 Å². The molecule has 46 heavy (non-hydrogen) atoms. The van der Waals surface area contributed by atoms with Crippen molar-refractivity contribution >= 4 is 45.1 Å². The Morgan fingerprint density at radius 1 is 0.957 bits per heavy atom. The zero-order chi connectivity index (χ0) is 32.6. The fourth-order valence-electron chi connectivity index (χ4n) is 5.20. The summed E-state index contributed by atoms with van der Waals surface area (Å²) in [5.41, 5.74) is -0.0442. The highest BCUT2D eigenvalue weighted by Crippen LogP contribution is 2.48. The molecule has 2 saturated carbocycles. The Hall–Kier alpha value is -3.73. The largest absolute Gasteiger partial charge is 0.454 e. The number of rotatable bonds is 12. The Labute approximate surface area is 268 Å². The number of anilines is 3. The molecule has 0 bridgehead atoms. The maximum absolute atomic E-state index is 13.1. The van der Waals surface area contributed by atoms with Crippen LogP contribution in [0, 0.1) is 5.41 Å². The number of amides is 1. The summed E-state index contributed by atoms with van der Waals surface area (Å²) in [6.45, 7) is 1.39. The van der Waals surface area contributed by atoms with Crippen LogP contribution in [0.2, 0.25) is 5.02 Å². The van der Waals surface area contributed by atoms with Gasteiger partial charge in [0.25, 0.3) is 10.0 Å². The van der Waals surface area contributed by atoms with Crippen LogP contribution in [0.5, 0.6) is 6.01 Å². The van der Waals surface area contributed by atoms with Crippen LogP contribution in [0.1, 0.15) is 31.2 Å². The van der Waals surface area contributed by atoms with E-state index in [0.29, 0.717) is 56.4 Å². The molecule has 0 unspecified atom stereocenters. The Morgan fingerprint density at radius 2 is 1.61 bits per heavy atom. The van der Waals surface area contributed by atoms with E-state index in [9.17, 15) is 26.4 Å². The van der Waals surface area contributed by atoms with Crippen molar-refractivity contribution in [1.29, 1.82) is 0 Å². The molecule has 3 aliphatic rings. The molecular weight excluding hydrogens is 651 g/mol. The number of nitrogens with zero attached hydrogens (tertiary/aromatic N) is 4. The standard InChI is InChI=1S/C29H31ClF3N7O5S/c30-20-3-1-19(2-4-20)28(11-12-28)38-25-35-24(36-26(37-25)45-18-29(31,32)33)34-21-5-7-22(8-6-21)46(42,43)39-23(41)27(9-10-27)17-40-13-15-44-16-14-40/h1-8H,9-18H2,(H,39,41)(H2,34,35,36,37,38). The van der Waals surface area contributed by atoms with Crippen LogP contribution in [0.25, 0.3) is 0 Å². The smallest absolute Gasteiger partial charge is 0.422 e. The number of nitrogens with one attached hydrogen (secondary N) is 3. The number of alkyl halides is 3. The summed E-state index contributed by atoms with van der Waals surface area (Å²) in [4.78, 5) is 27.3. The van der Waals surface area contributed by atoms with E-state index in [0.717, 1.165) is 18.4 Å². The van der Waals surface area contributed by atoms with E-state index in [2.05, 4.69) is 35.2 Å². The number of halogens is 4. The number of hydrogen-bond donors (Lipinski definition) is 3. The Bertz CT molecular complexity index is 1680. The number of ether oxygens (including phenoxy) is 2. The van der Waals surface area contributed by atoms with E-state index in [1.165, 1.54) is 24.3 Å². The minimum atomic E-state index is -4.62. The minimum absolute atomic E-state index is 0.0184. The molecule has 2 aromatic carbocycles. The Kier molecular flexibility index (Phi) is 8.73. The second-order valence-corrected chi connectivity index (χ2v) is 13.8. The number of morpholine rings is 1. The van der Waals surface area contributed by atoms with Gasteiger partial charge in [-0.05, 0) is 67.6 Å². The minimum Gasteiger partial charge on any atom is -0.454 e. The highest BCUT2D eigenvalue weighted by molar-refractivity contribution is 7.90. The number of hydrogen-bond acceptors (Lipinski definition) is 11. The van der Waals surface area contributed by atoms with Crippen molar-refractivity contribution in [3.8, 4) is 6.01 Å². The van der Waals surface area contributed by atoms with Crippen LogP contribution >= 0.6 is 11.6 Å². The topological polar surface area (TPSA) is 148 Å². The van der Waals surface area contributed by atoms with Crippen molar-refractivity contribution < 1.29 is 35.9 Å². The van der Waals surface area contributed by atoms with Gasteiger partial charge in [-0.1, -0.05) is 23.7 Å². The van der Waals surface area contributed by atoms with Gasteiger partial charge in [-0.15, -0.1) is 0 Å². The fraction of sp³-hybridized carbons (Fsp3) is 0.448. The van der Waals surface area contributed by atoms with Crippen molar-refractivity contribution in [2.24, 2.45) is 5.41 Å². The zero-order valence-electron chi connectivity index (χ0n) is 24.4. The first-order chi connectivity index (χ1) is 21.8. The average Bonchev–Trinajstić information content (AvgIpc) is 3.95. The number of carbonyl (C=O) groups excluding carboxylic acids is 1. The number of benzene rings is 2. The molecule has 17 heteroatoms.